The number of alkyl halides is 6. The summed E-state index contributed by atoms with van der Waals surface area (Å²) in [6.45, 7) is 0.0303. The van der Waals surface area contributed by atoms with Gasteiger partial charge in [-0.05, 0) is 43.0 Å². The number of rotatable bonds is 6. The van der Waals surface area contributed by atoms with E-state index in [0.29, 0.717) is 31.4 Å². The van der Waals surface area contributed by atoms with Crippen LogP contribution in [0.4, 0.5) is 26.3 Å². The molecule has 5 nitrogen and oxygen atoms in total. The van der Waals surface area contributed by atoms with Crippen LogP contribution in [0.3, 0.4) is 0 Å². The van der Waals surface area contributed by atoms with E-state index < -0.39 is 47.0 Å². The number of carbonyl (C=O) groups is 2. The number of likely N-dealkylation sites (tertiary alicyclic amines) is 1. The maximum atomic E-state index is 13.3. The second-order valence-corrected chi connectivity index (χ2v) is 8.31. The summed E-state index contributed by atoms with van der Waals surface area (Å²) in [4.78, 5) is 26.1. The molecule has 1 aliphatic rings. The van der Waals surface area contributed by atoms with Crippen molar-refractivity contribution in [1.29, 1.82) is 0 Å². The molecule has 190 valence electrons. The Balaban J connectivity index is 1.91. The Morgan fingerprint density at radius 2 is 1.60 bits per heavy atom. The molecule has 2 aromatic rings. The van der Waals surface area contributed by atoms with Crippen molar-refractivity contribution >= 4 is 11.9 Å². The summed E-state index contributed by atoms with van der Waals surface area (Å²) < 4.78 is 84.4. The Hall–Kier alpha value is -3.08. The predicted octanol–water partition coefficient (Wildman–Crippen LogP) is 4.70. The van der Waals surface area contributed by atoms with E-state index >= 15 is 0 Å². The van der Waals surface area contributed by atoms with Crippen molar-refractivity contribution in [2.24, 2.45) is 0 Å². The van der Waals surface area contributed by atoms with Gasteiger partial charge in [-0.2, -0.15) is 26.3 Å². The number of hydrogen-bond acceptors (Lipinski definition) is 4. The number of carbonyl (C=O) groups excluding carboxylic acids is 2. The number of nitrogens with zero attached hydrogens (tertiary/aromatic N) is 1. The fourth-order valence-corrected chi connectivity index (χ4v) is 4.13. The Bertz CT molecular complexity index is 1010. The first-order valence-electron chi connectivity index (χ1n) is 10.8. The smallest absolute Gasteiger partial charge is 0.416 e. The van der Waals surface area contributed by atoms with Gasteiger partial charge in [0, 0.05) is 24.2 Å². The van der Waals surface area contributed by atoms with Gasteiger partial charge in [-0.15, -0.1) is 0 Å². The zero-order valence-corrected chi connectivity index (χ0v) is 18.7. The average molecular weight is 502 g/mol. The molecule has 1 aliphatic heterocycles. The number of amides is 1. The van der Waals surface area contributed by atoms with Crippen LogP contribution in [0, 0.1) is 0 Å². The third-order valence-corrected chi connectivity index (χ3v) is 5.89. The van der Waals surface area contributed by atoms with Crippen molar-refractivity contribution in [2.75, 3.05) is 20.2 Å². The Labute approximate surface area is 198 Å². The number of methoxy groups -OCH3 is 1. The molecule has 0 unspecified atom stereocenters. The lowest BCUT2D eigenvalue weighted by Crippen LogP contribution is -2.52. The summed E-state index contributed by atoms with van der Waals surface area (Å²) in [7, 11) is 1.24. The van der Waals surface area contributed by atoms with Gasteiger partial charge in [-0.25, -0.2) is 0 Å². The lowest BCUT2D eigenvalue weighted by Gasteiger charge is -2.40. The van der Waals surface area contributed by atoms with E-state index in [1.807, 2.05) is 12.1 Å². The zero-order valence-electron chi connectivity index (χ0n) is 18.7. The standard InChI is InChI=1S/C24H24F6N2O3/c1-35-21(33)14-31-19-7-8-32(20(13-19)9-15-5-3-2-4-6-15)22(34)16-10-17(23(25,26)27)12-18(11-16)24(28,29)30/h2-6,10-12,19-20,31H,7-9,13-14H2,1H3/t19-,20+/m0/s1. The molecule has 0 bridgehead atoms. The number of ether oxygens (including phenoxy) is 1. The first-order valence-corrected chi connectivity index (χ1v) is 10.8. The SMILES string of the molecule is COC(=O)CN[C@H]1CCN(C(=O)c2cc(C(F)(F)F)cc(C(F)(F)F)c2)[C@H](Cc2ccccc2)C1. The highest BCUT2D eigenvalue weighted by Gasteiger charge is 2.39. The fraction of sp³-hybridized carbons (Fsp3) is 0.417. The molecule has 0 spiro atoms. The quantitative estimate of drug-likeness (QED) is 0.460. The second-order valence-electron chi connectivity index (χ2n) is 8.31. The largest absolute Gasteiger partial charge is 0.468 e. The molecule has 1 fully saturated rings. The molecular formula is C24H24F6N2O3. The predicted molar refractivity (Wildman–Crippen MR) is 114 cm³/mol. The molecular weight excluding hydrogens is 478 g/mol. The van der Waals surface area contributed by atoms with Crippen LogP contribution in [-0.2, 0) is 28.3 Å². The van der Waals surface area contributed by atoms with Crippen LogP contribution in [0.5, 0.6) is 0 Å². The van der Waals surface area contributed by atoms with Crippen LogP contribution >= 0.6 is 0 Å². The van der Waals surface area contributed by atoms with E-state index in [1.54, 1.807) is 18.2 Å². The topological polar surface area (TPSA) is 58.6 Å². The minimum atomic E-state index is -5.05. The van der Waals surface area contributed by atoms with Crippen LogP contribution in [0.1, 0.15) is 39.9 Å². The van der Waals surface area contributed by atoms with E-state index in [2.05, 4.69) is 10.1 Å². The van der Waals surface area contributed by atoms with Gasteiger partial charge in [0.1, 0.15) is 0 Å². The summed E-state index contributed by atoms with van der Waals surface area (Å²) >= 11 is 0. The molecule has 2 aromatic carbocycles. The van der Waals surface area contributed by atoms with Crippen LogP contribution in [0.25, 0.3) is 0 Å². The van der Waals surface area contributed by atoms with E-state index in [0.717, 1.165) is 5.56 Å². The van der Waals surface area contributed by atoms with Crippen molar-refractivity contribution in [3.05, 3.63) is 70.8 Å². The van der Waals surface area contributed by atoms with E-state index in [4.69, 9.17) is 0 Å². The van der Waals surface area contributed by atoms with Gasteiger partial charge < -0.3 is 15.0 Å². The number of hydrogen-bond donors (Lipinski definition) is 1. The molecule has 11 heteroatoms. The van der Waals surface area contributed by atoms with Crippen molar-refractivity contribution in [3.8, 4) is 0 Å². The molecule has 35 heavy (non-hydrogen) atoms. The van der Waals surface area contributed by atoms with E-state index in [-0.39, 0.29) is 25.2 Å². The van der Waals surface area contributed by atoms with Gasteiger partial charge in [-0.1, -0.05) is 30.3 Å². The van der Waals surface area contributed by atoms with Gasteiger partial charge in [0.05, 0.1) is 24.8 Å². The highest BCUT2D eigenvalue weighted by Crippen LogP contribution is 2.37. The lowest BCUT2D eigenvalue weighted by molar-refractivity contribution is -0.143. The van der Waals surface area contributed by atoms with E-state index in [9.17, 15) is 35.9 Å². The second kappa shape index (κ2) is 10.7. The maximum Gasteiger partial charge on any atom is 0.416 e. The van der Waals surface area contributed by atoms with Crippen LogP contribution < -0.4 is 5.32 Å². The highest BCUT2D eigenvalue weighted by molar-refractivity contribution is 5.95. The van der Waals surface area contributed by atoms with Crippen LogP contribution in [-0.4, -0.2) is 49.1 Å². The first kappa shape index (κ1) is 26.5. The van der Waals surface area contributed by atoms with Gasteiger partial charge in [0.15, 0.2) is 0 Å². The number of piperidine rings is 1. The van der Waals surface area contributed by atoms with E-state index in [1.165, 1.54) is 12.0 Å². The summed E-state index contributed by atoms with van der Waals surface area (Å²) in [5, 5.41) is 3.04. The van der Waals surface area contributed by atoms with Gasteiger partial charge >= 0.3 is 18.3 Å². The van der Waals surface area contributed by atoms with Crippen LogP contribution in [0.15, 0.2) is 48.5 Å². The van der Waals surface area contributed by atoms with Gasteiger partial charge in [0.25, 0.3) is 5.91 Å². The maximum absolute atomic E-state index is 13.3. The molecule has 3 rings (SSSR count). The Morgan fingerprint density at radius 1 is 1.00 bits per heavy atom. The Kier molecular flexibility index (Phi) is 8.09. The molecule has 0 aliphatic carbocycles. The molecule has 1 saturated heterocycles. The molecule has 1 amide bonds. The molecule has 2 atom stereocenters. The minimum Gasteiger partial charge on any atom is -0.468 e. The van der Waals surface area contributed by atoms with Crippen molar-refractivity contribution in [3.63, 3.8) is 0 Å². The number of benzene rings is 2. The third kappa shape index (κ3) is 6.97. The minimum absolute atomic E-state index is 0.00119. The number of esters is 1. The van der Waals surface area contributed by atoms with Crippen molar-refractivity contribution < 1.29 is 40.7 Å². The fourth-order valence-electron chi connectivity index (χ4n) is 4.13. The number of nitrogens with one attached hydrogen (secondary N) is 1. The first-order chi connectivity index (χ1) is 16.4. The summed E-state index contributed by atoms with van der Waals surface area (Å²) in [6, 6.07) is 9.23. The monoisotopic (exact) mass is 502 g/mol. The third-order valence-electron chi connectivity index (χ3n) is 5.89. The number of halogens is 6. The highest BCUT2D eigenvalue weighted by atomic mass is 19.4. The van der Waals surface area contributed by atoms with Gasteiger partial charge in [0.2, 0.25) is 0 Å². The van der Waals surface area contributed by atoms with Crippen molar-refractivity contribution in [2.45, 2.75) is 43.7 Å². The molecule has 0 radical (unpaired) electrons. The molecule has 1 N–H and O–H groups in total. The normalized spacial score (nSPS) is 18.9. The van der Waals surface area contributed by atoms with Crippen molar-refractivity contribution in [1.82, 2.24) is 10.2 Å². The summed E-state index contributed by atoms with van der Waals surface area (Å²) in [5.74, 6) is -1.39. The summed E-state index contributed by atoms with van der Waals surface area (Å²) in [5.41, 5.74) is -2.90. The van der Waals surface area contributed by atoms with Gasteiger partial charge in [-0.3, -0.25) is 9.59 Å². The molecule has 0 saturated carbocycles. The molecule has 0 aromatic heterocycles. The van der Waals surface area contributed by atoms with Crippen LogP contribution in [0.2, 0.25) is 0 Å². The Morgan fingerprint density at radius 3 is 2.14 bits per heavy atom. The summed E-state index contributed by atoms with van der Waals surface area (Å²) in [6.07, 6.45) is -9.05. The zero-order chi connectivity index (χ0) is 25.8. The lowest BCUT2D eigenvalue weighted by atomic mass is 9.91. The molecule has 1 heterocycles. The average Bonchev–Trinajstić information content (AvgIpc) is 2.81.